The second kappa shape index (κ2) is 7.48. The van der Waals surface area contributed by atoms with E-state index in [4.69, 9.17) is 9.15 Å². The van der Waals surface area contributed by atoms with Gasteiger partial charge >= 0.3 is 5.69 Å². The summed E-state index contributed by atoms with van der Waals surface area (Å²) in [5.74, 6) is 0.206. The van der Waals surface area contributed by atoms with Gasteiger partial charge in [0.1, 0.15) is 16.5 Å². The summed E-state index contributed by atoms with van der Waals surface area (Å²) in [4.78, 5) is 12.4. The first-order valence-corrected chi connectivity index (χ1v) is 10.5. The molecule has 9 nitrogen and oxygen atoms in total. The Labute approximate surface area is 165 Å². The molecule has 29 heavy (non-hydrogen) atoms. The third-order valence-corrected chi connectivity index (χ3v) is 6.04. The number of benzene rings is 1. The van der Waals surface area contributed by atoms with Gasteiger partial charge in [-0.15, -0.1) is 5.10 Å². The molecule has 154 valence electrons. The summed E-state index contributed by atoms with van der Waals surface area (Å²) in [5, 5.41) is 4.31. The van der Waals surface area contributed by atoms with Gasteiger partial charge in [-0.05, 0) is 43.2 Å². The lowest BCUT2D eigenvalue weighted by atomic mass is 10.3. The van der Waals surface area contributed by atoms with E-state index in [2.05, 4.69) is 9.82 Å². The number of methoxy groups -OCH3 is 1. The van der Waals surface area contributed by atoms with Crippen LogP contribution in [0.5, 0.6) is 5.75 Å². The fourth-order valence-electron chi connectivity index (χ4n) is 3.03. The lowest BCUT2D eigenvalue weighted by molar-refractivity contribution is 0.400. The fraction of sp³-hybridized carbons (Fsp3) is 0.333. The van der Waals surface area contributed by atoms with Gasteiger partial charge in [-0.3, -0.25) is 4.57 Å². The van der Waals surface area contributed by atoms with Crippen LogP contribution in [0.4, 0.5) is 4.39 Å². The molecular weight excluding hydrogens is 403 g/mol. The van der Waals surface area contributed by atoms with Crippen molar-refractivity contribution in [3.8, 4) is 17.3 Å². The van der Waals surface area contributed by atoms with Crippen LogP contribution in [0.3, 0.4) is 0 Å². The number of sulfonamides is 1. The van der Waals surface area contributed by atoms with Crippen LogP contribution in [0.1, 0.15) is 18.9 Å². The summed E-state index contributed by atoms with van der Waals surface area (Å²) in [7, 11) is -2.74. The first-order valence-electron chi connectivity index (χ1n) is 8.97. The van der Waals surface area contributed by atoms with E-state index in [-0.39, 0.29) is 35.5 Å². The SMILES string of the molecule is COc1ccc(F)cc1S(=O)(=O)NCCn1nc(-c2ccco2)n(C2CC2)c1=O. The molecular formula is C18H19FN4O5S. The highest BCUT2D eigenvalue weighted by Gasteiger charge is 2.31. The normalized spacial score (nSPS) is 14.3. The minimum atomic E-state index is -4.04. The molecule has 11 heteroatoms. The molecule has 0 atom stereocenters. The number of hydrogen-bond acceptors (Lipinski definition) is 6. The van der Waals surface area contributed by atoms with Crippen molar-refractivity contribution in [3.63, 3.8) is 0 Å². The highest BCUT2D eigenvalue weighted by molar-refractivity contribution is 7.89. The number of nitrogens with one attached hydrogen (secondary N) is 1. The van der Waals surface area contributed by atoms with Gasteiger partial charge in [0.05, 0.1) is 19.9 Å². The molecule has 1 aromatic carbocycles. The molecule has 1 N–H and O–H groups in total. The zero-order valence-electron chi connectivity index (χ0n) is 15.5. The van der Waals surface area contributed by atoms with Gasteiger partial charge in [-0.1, -0.05) is 0 Å². The molecule has 2 aromatic heterocycles. The van der Waals surface area contributed by atoms with Gasteiger partial charge in [0, 0.05) is 12.6 Å². The largest absolute Gasteiger partial charge is 0.495 e. The molecule has 0 radical (unpaired) electrons. The number of rotatable bonds is 8. The maximum Gasteiger partial charge on any atom is 0.346 e. The minimum absolute atomic E-state index is 0.00310. The number of nitrogens with zero attached hydrogens (tertiary/aromatic N) is 3. The monoisotopic (exact) mass is 422 g/mol. The molecule has 1 saturated carbocycles. The first-order chi connectivity index (χ1) is 13.9. The summed E-state index contributed by atoms with van der Waals surface area (Å²) in [5.41, 5.74) is -0.332. The standard InChI is InChI=1S/C18H19FN4O5S/c1-27-14-7-4-12(19)11-16(14)29(25,26)20-8-9-22-18(24)23(13-5-6-13)17(21-22)15-3-2-10-28-15/h2-4,7,10-11,13,20H,5-6,8-9H2,1H3. The minimum Gasteiger partial charge on any atom is -0.495 e. The van der Waals surface area contributed by atoms with Gasteiger partial charge in [0.25, 0.3) is 0 Å². The average Bonchev–Trinajstić information content (AvgIpc) is 3.27. The summed E-state index contributed by atoms with van der Waals surface area (Å²) in [6, 6.07) is 6.72. The average molecular weight is 422 g/mol. The zero-order valence-corrected chi connectivity index (χ0v) is 16.4. The van der Waals surface area contributed by atoms with Gasteiger partial charge < -0.3 is 9.15 Å². The van der Waals surface area contributed by atoms with Crippen LogP contribution >= 0.6 is 0 Å². The van der Waals surface area contributed by atoms with Crippen molar-refractivity contribution >= 4 is 10.0 Å². The Hall–Kier alpha value is -2.92. The predicted molar refractivity (Wildman–Crippen MR) is 101 cm³/mol. The Kier molecular flexibility index (Phi) is 5.01. The Balaban J connectivity index is 1.54. The van der Waals surface area contributed by atoms with Crippen molar-refractivity contribution in [2.75, 3.05) is 13.7 Å². The van der Waals surface area contributed by atoms with Crippen molar-refractivity contribution in [1.82, 2.24) is 19.1 Å². The molecule has 1 fully saturated rings. The molecule has 2 heterocycles. The molecule has 0 unspecified atom stereocenters. The fourth-order valence-corrected chi connectivity index (χ4v) is 4.23. The Morgan fingerprint density at radius 2 is 2.14 bits per heavy atom. The van der Waals surface area contributed by atoms with Crippen LogP contribution in [0.25, 0.3) is 11.6 Å². The van der Waals surface area contributed by atoms with Crippen LogP contribution in [0.15, 0.2) is 50.7 Å². The van der Waals surface area contributed by atoms with E-state index in [0.717, 1.165) is 25.0 Å². The van der Waals surface area contributed by atoms with E-state index < -0.39 is 15.8 Å². The van der Waals surface area contributed by atoms with E-state index in [1.807, 2.05) is 0 Å². The summed E-state index contributed by atoms with van der Waals surface area (Å²) < 4.78 is 54.0. The van der Waals surface area contributed by atoms with Gasteiger partial charge in [-0.25, -0.2) is 27.0 Å². The van der Waals surface area contributed by atoms with E-state index in [9.17, 15) is 17.6 Å². The lowest BCUT2D eigenvalue weighted by Gasteiger charge is -2.10. The van der Waals surface area contributed by atoms with Crippen molar-refractivity contribution in [2.45, 2.75) is 30.3 Å². The number of furan rings is 1. The predicted octanol–water partition coefficient (Wildman–Crippen LogP) is 1.77. The Morgan fingerprint density at radius 1 is 1.34 bits per heavy atom. The quantitative estimate of drug-likeness (QED) is 0.593. The highest BCUT2D eigenvalue weighted by Crippen LogP contribution is 2.36. The number of hydrogen-bond donors (Lipinski definition) is 1. The molecule has 4 rings (SSSR count). The molecule has 1 aliphatic carbocycles. The van der Waals surface area contributed by atoms with Crippen LogP contribution in [0.2, 0.25) is 0 Å². The lowest BCUT2D eigenvalue weighted by Crippen LogP contribution is -2.32. The van der Waals surface area contributed by atoms with Gasteiger partial charge in [-0.2, -0.15) is 0 Å². The van der Waals surface area contributed by atoms with E-state index in [1.54, 1.807) is 16.7 Å². The van der Waals surface area contributed by atoms with Crippen molar-refractivity contribution in [2.24, 2.45) is 0 Å². The van der Waals surface area contributed by atoms with Gasteiger partial charge in [0.15, 0.2) is 5.76 Å². The molecule has 0 saturated heterocycles. The van der Waals surface area contributed by atoms with Crippen LogP contribution in [-0.2, 0) is 16.6 Å². The molecule has 0 aliphatic heterocycles. The number of ether oxygens (including phenoxy) is 1. The van der Waals surface area contributed by atoms with E-state index in [0.29, 0.717) is 11.6 Å². The van der Waals surface area contributed by atoms with E-state index in [1.165, 1.54) is 24.1 Å². The molecule has 3 aromatic rings. The van der Waals surface area contributed by atoms with Crippen LogP contribution in [-0.4, -0.2) is 36.4 Å². The first kappa shape index (κ1) is 19.4. The van der Waals surface area contributed by atoms with E-state index >= 15 is 0 Å². The number of aromatic nitrogens is 3. The topological polar surface area (TPSA) is 108 Å². The van der Waals surface area contributed by atoms with Crippen LogP contribution in [0, 0.1) is 5.82 Å². The third kappa shape index (κ3) is 3.83. The molecule has 1 aliphatic rings. The second-order valence-corrected chi connectivity index (χ2v) is 8.34. The maximum absolute atomic E-state index is 13.5. The highest BCUT2D eigenvalue weighted by atomic mass is 32.2. The zero-order chi connectivity index (χ0) is 20.6. The van der Waals surface area contributed by atoms with Gasteiger partial charge in [0.2, 0.25) is 15.8 Å². The summed E-state index contributed by atoms with van der Waals surface area (Å²) in [6.07, 6.45) is 3.26. The third-order valence-electron chi connectivity index (χ3n) is 4.55. The summed E-state index contributed by atoms with van der Waals surface area (Å²) >= 11 is 0. The molecule has 0 bridgehead atoms. The molecule has 0 spiro atoms. The van der Waals surface area contributed by atoms with Crippen LogP contribution < -0.4 is 15.1 Å². The smallest absolute Gasteiger partial charge is 0.346 e. The van der Waals surface area contributed by atoms with Crippen molar-refractivity contribution < 1.29 is 22.0 Å². The molecule has 0 amide bonds. The summed E-state index contributed by atoms with van der Waals surface area (Å²) in [6.45, 7) is -0.107. The van der Waals surface area contributed by atoms with Crippen molar-refractivity contribution in [3.05, 3.63) is 52.9 Å². The number of halogens is 1. The Bertz CT molecular complexity index is 1180. The maximum atomic E-state index is 13.5. The second-order valence-electron chi connectivity index (χ2n) is 6.60. The van der Waals surface area contributed by atoms with Crippen molar-refractivity contribution in [1.29, 1.82) is 0 Å². The Morgan fingerprint density at radius 3 is 2.79 bits per heavy atom.